The highest BCUT2D eigenvalue weighted by molar-refractivity contribution is 7.91. The Morgan fingerprint density at radius 3 is 2.73 bits per heavy atom. The third-order valence-electron chi connectivity index (χ3n) is 4.95. The highest BCUT2D eigenvalue weighted by atomic mass is 35.5. The number of fused-ring (bicyclic) bond motifs is 1. The predicted octanol–water partition coefficient (Wildman–Crippen LogP) is 4.03. The number of carbonyl (C=O) groups excluding carboxylic acids is 1. The van der Waals surface area contributed by atoms with Gasteiger partial charge in [-0.05, 0) is 32.0 Å². The summed E-state index contributed by atoms with van der Waals surface area (Å²) < 4.78 is 39.8. The van der Waals surface area contributed by atoms with Crippen molar-refractivity contribution in [2.75, 3.05) is 12.4 Å². The van der Waals surface area contributed by atoms with E-state index in [9.17, 15) is 13.2 Å². The van der Waals surface area contributed by atoms with Crippen LogP contribution in [-0.2, 0) is 10.0 Å². The van der Waals surface area contributed by atoms with Crippen LogP contribution >= 0.6 is 22.9 Å². The van der Waals surface area contributed by atoms with E-state index < -0.39 is 27.6 Å². The van der Waals surface area contributed by atoms with Crippen LogP contribution in [0.4, 0.5) is 5.13 Å². The second kappa shape index (κ2) is 8.90. The fraction of sp³-hybridized carbons (Fsp3) is 0.286. The van der Waals surface area contributed by atoms with Crippen LogP contribution in [0, 0.1) is 0 Å². The summed E-state index contributed by atoms with van der Waals surface area (Å²) >= 11 is 6.78. The van der Waals surface area contributed by atoms with Crippen molar-refractivity contribution in [3.8, 4) is 11.5 Å². The topological polar surface area (TPSA) is 120 Å². The van der Waals surface area contributed by atoms with Gasteiger partial charge in [-0.3, -0.25) is 10.1 Å². The average Bonchev–Trinajstić information content (AvgIpc) is 3.22. The second-order valence-electron chi connectivity index (χ2n) is 7.95. The number of carbonyl (C=O) groups is 1. The maximum atomic E-state index is 13.1. The van der Waals surface area contributed by atoms with E-state index in [1.165, 1.54) is 0 Å². The first-order valence-electron chi connectivity index (χ1n) is 9.87. The van der Waals surface area contributed by atoms with E-state index in [0.29, 0.717) is 23.5 Å². The molecule has 33 heavy (non-hydrogen) atoms. The van der Waals surface area contributed by atoms with Gasteiger partial charge in [-0.2, -0.15) is 0 Å². The minimum absolute atomic E-state index is 0.0396. The number of halogens is 1. The zero-order valence-corrected chi connectivity index (χ0v) is 20.3. The lowest BCUT2D eigenvalue weighted by Crippen LogP contribution is -2.41. The van der Waals surface area contributed by atoms with Gasteiger partial charge in [0.1, 0.15) is 17.1 Å². The number of anilines is 1. The van der Waals surface area contributed by atoms with Crippen molar-refractivity contribution in [2.24, 2.45) is 0 Å². The summed E-state index contributed by atoms with van der Waals surface area (Å²) in [7, 11) is -2.48. The van der Waals surface area contributed by atoms with Crippen molar-refractivity contribution in [3.63, 3.8) is 0 Å². The Hall–Kier alpha value is -2.73. The van der Waals surface area contributed by atoms with Crippen LogP contribution in [0.15, 0.2) is 46.8 Å². The number of nitrogens with zero attached hydrogens (tertiary/aromatic N) is 2. The molecule has 1 amide bonds. The lowest BCUT2D eigenvalue weighted by molar-refractivity contribution is 0.0698. The lowest BCUT2D eigenvalue weighted by Gasteiger charge is -2.37. The van der Waals surface area contributed by atoms with E-state index in [0.717, 1.165) is 11.3 Å². The number of sulfonamides is 1. The Bertz CT molecular complexity index is 1310. The van der Waals surface area contributed by atoms with E-state index >= 15 is 0 Å². The maximum Gasteiger partial charge on any atom is 0.270 e. The van der Waals surface area contributed by atoms with E-state index in [2.05, 4.69) is 20.2 Å². The molecule has 1 aromatic heterocycles. The molecule has 0 spiro atoms. The van der Waals surface area contributed by atoms with Gasteiger partial charge in [0.05, 0.1) is 23.7 Å². The van der Waals surface area contributed by atoms with Crippen molar-refractivity contribution >= 4 is 44.0 Å². The van der Waals surface area contributed by atoms with E-state index in [4.69, 9.17) is 21.1 Å². The van der Waals surface area contributed by atoms with Crippen molar-refractivity contribution in [2.45, 2.75) is 36.3 Å². The fourth-order valence-electron chi connectivity index (χ4n) is 3.48. The molecule has 1 aliphatic heterocycles. The molecule has 3 aromatic rings. The summed E-state index contributed by atoms with van der Waals surface area (Å²) in [6.45, 7) is 3.76. The summed E-state index contributed by atoms with van der Waals surface area (Å²) in [5.74, 6) is 0.641. The van der Waals surface area contributed by atoms with E-state index in [1.807, 2.05) is 13.8 Å². The quantitative estimate of drug-likeness (QED) is 0.482. The molecule has 0 unspecified atom stereocenters. The molecule has 2 heterocycles. The molecule has 174 valence electrons. The minimum atomic E-state index is -4.03. The smallest absolute Gasteiger partial charge is 0.270 e. The first kappa shape index (κ1) is 23.4. The zero-order valence-electron chi connectivity index (χ0n) is 18.0. The standard InChI is InChI=1S/C21H21ClN4O5S2/c1-21(2)11-16(14-9-8-12(30-3)10-17(14)31-21)26-33(28,29)20-25-24-19(32-20)23-18(27)13-6-4-5-7-15(13)22/h4-10,16,26H,11H2,1-3H3,(H,23,24,27)/t16-/m0/s1. The van der Waals surface area contributed by atoms with Crippen molar-refractivity contribution < 1.29 is 22.7 Å². The number of ether oxygens (including phenoxy) is 2. The van der Waals surface area contributed by atoms with Crippen LogP contribution in [0.3, 0.4) is 0 Å². The number of hydrogen-bond acceptors (Lipinski definition) is 8. The van der Waals surface area contributed by atoms with Gasteiger partial charge in [-0.1, -0.05) is 41.1 Å². The summed E-state index contributed by atoms with van der Waals surface area (Å²) in [4.78, 5) is 12.4. The Balaban J connectivity index is 1.55. The molecule has 0 fully saturated rings. The predicted molar refractivity (Wildman–Crippen MR) is 125 cm³/mol. The van der Waals surface area contributed by atoms with Gasteiger partial charge >= 0.3 is 0 Å². The van der Waals surface area contributed by atoms with Gasteiger partial charge in [0.2, 0.25) is 9.47 Å². The Morgan fingerprint density at radius 1 is 1.24 bits per heavy atom. The van der Waals surface area contributed by atoms with Crippen LogP contribution in [0.25, 0.3) is 0 Å². The Morgan fingerprint density at radius 2 is 2.00 bits per heavy atom. The Kier molecular flexibility index (Phi) is 6.32. The highest BCUT2D eigenvalue weighted by Gasteiger charge is 2.37. The maximum absolute atomic E-state index is 13.1. The van der Waals surface area contributed by atoms with Crippen LogP contribution in [-0.4, -0.2) is 37.2 Å². The molecular weight excluding hydrogens is 488 g/mol. The number of rotatable bonds is 6. The third-order valence-corrected chi connectivity index (χ3v) is 7.96. The molecule has 0 radical (unpaired) electrons. The second-order valence-corrected chi connectivity index (χ2v) is 11.2. The van der Waals surface area contributed by atoms with Gasteiger partial charge in [0.25, 0.3) is 15.9 Å². The molecule has 2 aromatic carbocycles. The number of amides is 1. The first-order valence-corrected chi connectivity index (χ1v) is 12.5. The highest BCUT2D eigenvalue weighted by Crippen LogP contribution is 2.42. The zero-order chi connectivity index (χ0) is 23.8. The molecule has 12 heteroatoms. The third kappa shape index (κ3) is 5.11. The lowest BCUT2D eigenvalue weighted by atomic mass is 9.90. The molecule has 1 aliphatic rings. The number of nitrogens with one attached hydrogen (secondary N) is 2. The normalized spacial score (nSPS) is 17.0. The van der Waals surface area contributed by atoms with Crippen molar-refractivity contribution in [1.82, 2.24) is 14.9 Å². The molecule has 0 aliphatic carbocycles. The van der Waals surface area contributed by atoms with Crippen molar-refractivity contribution in [1.29, 1.82) is 0 Å². The van der Waals surface area contributed by atoms with Gasteiger partial charge in [0, 0.05) is 18.1 Å². The molecule has 1 atom stereocenters. The molecule has 4 rings (SSSR count). The molecular formula is C21H21ClN4O5S2. The van der Waals surface area contributed by atoms with Gasteiger partial charge in [0.15, 0.2) is 0 Å². The monoisotopic (exact) mass is 508 g/mol. The van der Waals surface area contributed by atoms with Crippen LogP contribution < -0.4 is 19.5 Å². The summed E-state index contributed by atoms with van der Waals surface area (Å²) in [5.41, 5.74) is 0.325. The summed E-state index contributed by atoms with van der Waals surface area (Å²) in [6.07, 6.45) is 0.403. The molecule has 0 bridgehead atoms. The molecule has 9 nitrogen and oxygen atoms in total. The van der Waals surface area contributed by atoms with Gasteiger partial charge < -0.3 is 9.47 Å². The summed E-state index contributed by atoms with van der Waals surface area (Å²) in [6, 6.07) is 11.2. The molecule has 2 N–H and O–H groups in total. The van der Waals surface area contributed by atoms with Crippen LogP contribution in [0.2, 0.25) is 5.02 Å². The van der Waals surface area contributed by atoms with Gasteiger partial charge in [-0.25, -0.2) is 13.1 Å². The first-order chi connectivity index (χ1) is 15.6. The number of benzene rings is 2. The number of hydrogen-bond donors (Lipinski definition) is 2. The summed E-state index contributed by atoms with van der Waals surface area (Å²) in [5, 5.41) is 10.4. The van der Waals surface area contributed by atoms with Crippen LogP contribution in [0.1, 0.15) is 42.2 Å². The number of aromatic nitrogens is 2. The average molecular weight is 509 g/mol. The number of methoxy groups -OCH3 is 1. The molecule has 0 saturated heterocycles. The SMILES string of the molecule is COc1ccc2c(c1)OC(C)(C)C[C@@H]2NS(=O)(=O)c1nnc(NC(=O)c2ccccc2Cl)s1. The minimum Gasteiger partial charge on any atom is -0.497 e. The van der Waals surface area contributed by atoms with Crippen LogP contribution in [0.5, 0.6) is 11.5 Å². The van der Waals surface area contributed by atoms with E-state index in [1.54, 1.807) is 49.6 Å². The largest absolute Gasteiger partial charge is 0.497 e. The van der Waals surface area contributed by atoms with Gasteiger partial charge in [-0.15, -0.1) is 10.2 Å². The fourth-order valence-corrected chi connectivity index (χ4v) is 5.83. The Labute approximate surface area is 200 Å². The van der Waals surface area contributed by atoms with Crippen molar-refractivity contribution in [3.05, 3.63) is 58.6 Å². The van der Waals surface area contributed by atoms with E-state index in [-0.39, 0.29) is 20.1 Å². The molecule has 0 saturated carbocycles.